The van der Waals surface area contributed by atoms with E-state index in [0.29, 0.717) is 6.61 Å². The fourth-order valence-corrected chi connectivity index (χ4v) is 4.53. The average Bonchev–Trinajstić information content (AvgIpc) is 2.93. The summed E-state index contributed by atoms with van der Waals surface area (Å²) in [6.45, 7) is 3.34. The third kappa shape index (κ3) is 5.50. The molecule has 0 spiro atoms. The van der Waals surface area contributed by atoms with Crippen LogP contribution in [-0.4, -0.2) is 79.7 Å². The largest absolute Gasteiger partial charge is 0.394 e. The maximum absolute atomic E-state index is 10.8. The minimum absolute atomic E-state index is 0.212. The summed E-state index contributed by atoms with van der Waals surface area (Å²) in [6, 6.07) is 19.3. The van der Waals surface area contributed by atoms with Gasteiger partial charge in [-0.25, -0.2) is 0 Å². The van der Waals surface area contributed by atoms with Crippen molar-refractivity contribution in [2.45, 2.75) is 68.8 Å². The first-order valence-corrected chi connectivity index (χ1v) is 12.1. The molecular weight excluding hydrogens is 468 g/mol. The highest BCUT2D eigenvalue weighted by Gasteiger charge is 2.61. The molecule has 2 fully saturated rings. The summed E-state index contributed by atoms with van der Waals surface area (Å²) in [4.78, 5) is 0. The summed E-state index contributed by atoms with van der Waals surface area (Å²) in [7, 11) is 2.95. The lowest BCUT2D eigenvalue weighted by Gasteiger charge is -2.55. The van der Waals surface area contributed by atoms with Crippen molar-refractivity contribution in [2.24, 2.45) is 0 Å². The van der Waals surface area contributed by atoms with E-state index in [1.165, 1.54) is 14.2 Å². The van der Waals surface area contributed by atoms with Crippen LogP contribution in [0.15, 0.2) is 60.7 Å². The van der Waals surface area contributed by atoms with Gasteiger partial charge in [-0.2, -0.15) is 0 Å². The van der Waals surface area contributed by atoms with Crippen LogP contribution in [0, 0.1) is 0 Å². The zero-order valence-electron chi connectivity index (χ0n) is 21.1. The molecule has 2 N–H and O–H groups in total. The molecule has 8 atom stereocenters. The third-order valence-corrected chi connectivity index (χ3v) is 6.98. The number of aliphatic hydroxyl groups excluding tert-OH is 2. The maximum atomic E-state index is 10.8. The van der Waals surface area contributed by atoms with Gasteiger partial charge >= 0.3 is 0 Å². The summed E-state index contributed by atoms with van der Waals surface area (Å²) in [5, 5.41) is 20.6. The first-order valence-electron chi connectivity index (χ1n) is 12.1. The van der Waals surface area contributed by atoms with Gasteiger partial charge < -0.3 is 43.4 Å². The molecule has 0 aromatic heterocycles. The van der Waals surface area contributed by atoms with Gasteiger partial charge in [-0.1, -0.05) is 60.7 Å². The highest BCUT2D eigenvalue weighted by molar-refractivity contribution is 5.17. The monoisotopic (exact) mass is 504 g/mol. The van der Waals surface area contributed by atoms with Crippen molar-refractivity contribution in [2.75, 3.05) is 27.4 Å². The topological polar surface area (TPSA) is 105 Å². The van der Waals surface area contributed by atoms with Crippen molar-refractivity contribution in [3.05, 3.63) is 71.8 Å². The Morgan fingerprint density at radius 2 is 1.53 bits per heavy atom. The molecule has 0 unspecified atom stereocenters. The van der Waals surface area contributed by atoms with Gasteiger partial charge in [0.2, 0.25) is 11.6 Å². The van der Waals surface area contributed by atoms with Gasteiger partial charge in [0.05, 0.1) is 19.8 Å². The summed E-state index contributed by atoms with van der Waals surface area (Å²) >= 11 is 0. The number of hydrogen-bond donors (Lipinski definition) is 2. The zero-order chi connectivity index (χ0) is 25.8. The molecule has 0 aliphatic carbocycles. The Morgan fingerprint density at radius 1 is 0.917 bits per heavy atom. The normalized spacial score (nSPS) is 35.9. The van der Waals surface area contributed by atoms with E-state index >= 15 is 0 Å². The van der Waals surface area contributed by atoms with E-state index < -0.39 is 55.0 Å². The average molecular weight is 505 g/mol. The van der Waals surface area contributed by atoms with Crippen LogP contribution in [0.4, 0.5) is 0 Å². The SMILES string of the molecule is CO[C@]1(C)O[C@@H]([C@@H]2O[C@H](c3ccccc3)OC[C@H]2OCc2ccccc2)[C@H]([C@H](O)CO)O[C@@]1(C)OC. The van der Waals surface area contributed by atoms with Gasteiger partial charge in [-0.3, -0.25) is 0 Å². The third-order valence-electron chi connectivity index (χ3n) is 6.98. The molecule has 0 amide bonds. The van der Waals surface area contributed by atoms with Gasteiger partial charge in [0.15, 0.2) is 6.29 Å². The number of ether oxygens (including phenoxy) is 7. The van der Waals surface area contributed by atoms with Gasteiger partial charge in [-0.15, -0.1) is 0 Å². The Bertz CT molecular complexity index is 945. The number of aliphatic hydroxyl groups is 2. The lowest BCUT2D eigenvalue weighted by molar-refractivity contribution is -0.468. The summed E-state index contributed by atoms with van der Waals surface area (Å²) in [6.07, 6.45) is -5.17. The highest BCUT2D eigenvalue weighted by Crippen LogP contribution is 2.43. The van der Waals surface area contributed by atoms with Crippen LogP contribution in [-0.2, 0) is 39.8 Å². The van der Waals surface area contributed by atoms with Gasteiger partial charge in [0, 0.05) is 19.8 Å². The standard InChI is InChI=1S/C27H36O9/c1-26(30-3)27(2,31-4)36-24(22(35-26)20(29)15-28)23-21(32-16-18-11-7-5-8-12-18)17-33-25(34-23)19-13-9-6-10-14-19/h5-14,20-25,28-29H,15-17H2,1-4H3/t20-,21-,22+,23-,24-,25-,26-,27-/m1/s1. The van der Waals surface area contributed by atoms with Crippen LogP contribution in [0.5, 0.6) is 0 Å². The van der Waals surface area contributed by atoms with E-state index in [4.69, 9.17) is 33.2 Å². The predicted molar refractivity (Wildman–Crippen MR) is 129 cm³/mol. The van der Waals surface area contributed by atoms with Gasteiger partial charge in [0.25, 0.3) is 0 Å². The van der Waals surface area contributed by atoms with Crippen LogP contribution in [0.1, 0.15) is 31.3 Å². The number of methoxy groups -OCH3 is 2. The van der Waals surface area contributed by atoms with E-state index in [0.717, 1.165) is 11.1 Å². The number of hydrogen-bond acceptors (Lipinski definition) is 9. The van der Waals surface area contributed by atoms with E-state index in [1.807, 2.05) is 60.7 Å². The van der Waals surface area contributed by atoms with Crippen LogP contribution in [0.2, 0.25) is 0 Å². The van der Waals surface area contributed by atoms with E-state index in [-0.39, 0.29) is 6.61 Å². The highest BCUT2D eigenvalue weighted by atomic mass is 16.8. The molecule has 2 aromatic rings. The second-order valence-electron chi connectivity index (χ2n) is 9.23. The summed E-state index contributed by atoms with van der Waals surface area (Å²) in [5.74, 6) is -2.73. The zero-order valence-corrected chi connectivity index (χ0v) is 21.1. The molecule has 2 heterocycles. The molecule has 36 heavy (non-hydrogen) atoms. The molecule has 2 aliphatic rings. The lowest BCUT2D eigenvalue weighted by atomic mass is 9.93. The van der Waals surface area contributed by atoms with E-state index in [2.05, 4.69) is 0 Å². The van der Waals surface area contributed by atoms with Crippen LogP contribution in [0.25, 0.3) is 0 Å². The van der Waals surface area contributed by atoms with Gasteiger partial charge in [0.1, 0.15) is 30.5 Å². The van der Waals surface area contributed by atoms with Crippen molar-refractivity contribution >= 4 is 0 Å². The van der Waals surface area contributed by atoms with Crippen LogP contribution in [0.3, 0.4) is 0 Å². The van der Waals surface area contributed by atoms with Crippen molar-refractivity contribution in [3.63, 3.8) is 0 Å². The molecule has 4 rings (SSSR count). The minimum Gasteiger partial charge on any atom is -0.394 e. The molecule has 2 aromatic carbocycles. The van der Waals surface area contributed by atoms with Crippen molar-refractivity contribution in [1.82, 2.24) is 0 Å². The molecule has 2 saturated heterocycles. The Hall–Kier alpha value is -1.92. The fraction of sp³-hybridized carbons (Fsp3) is 0.556. The molecule has 2 aliphatic heterocycles. The van der Waals surface area contributed by atoms with Crippen LogP contribution >= 0.6 is 0 Å². The molecular formula is C27H36O9. The summed E-state index contributed by atoms with van der Waals surface area (Å²) < 4.78 is 42.7. The smallest absolute Gasteiger partial charge is 0.220 e. The maximum Gasteiger partial charge on any atom is 0.220 e. The molecule has 9 heteroatoms. The Labute approximate surface area is 211 Å². The van der Waals surface area contributed by atoms with Crippen molar-refractivity contribution in [1.29, 1.82) is 0 Å². The Balaban J connectivity index is 1.66. The van der Waals surface area contributed by atoms with Crippen LogP contribution < -0.4 is 0 Å². The molecule has 198 valence electrons. The van der Waals surface area contributed by atoms with E-state index in [1.54, 1.807) is 13.8 Å². The number of rotatable bonds is 9. The predicted octanol–water partition coefficient (Wildman–Crippen LogP) is 2.55. The second-order valence-corrected chi connectivity index (χ2v) is 9.23. The van der Waals surface area contributed by atoms with E-state index in [9.17, 15) is 10.2 Å². The quantitative estimate of drug-likeness (QED) is 0.533. The first-order chi connectivity index (χ1) is 17.3. The Kier molecular flexibility index (Phi) is 8.77. The second kappa shape index (κ2) is 11.6. The molecule has 0 radical (unpaired) electrons. The first kappa shape index (κ1) is 27.1. The summed E-state index contributed by atoms with van der Waals surface area (Å²) in [5.41, 5.74) is 1.82. The van der Waals surface area contributed by atoms with Crippen molar-refractivity contribution in [3.8, 4) is 0 Å². The Morgan fingerprint density at radius 3 is 2.14 bits per heavy atom. The molecule has 0 saturated carbocycles. The number of benzene rings is 2. The minimum atomic E-state index is -1.37. The fourth-order valence-electron chi connectivity index (χ4n) is 4.53. The van der Waals surface area contributed by atoms with Gasteiger partial charge in [-0.05, 0) is 19.4 Å². The lowest BCUT2D eigenvalue weighted by Crippen LogP contribution is -2.71. The molecule has 9 nitrogen and oxygen atoms in total. The van der Waals surface area contributed by atoms with Crippen molar-refractivity contribution < 1.29 is 43.4 Å². The molecule has 0 bridgehead atoms.